The van der Waals surface area contributed by atoms with Crippen LogP contribution < -0.4 is 15.1 Å². The number of aromatic hydroxyl groups is 1. The van der Waals surface area contributed by atoms with Crippen molar-refractivity contribution in [1.82, 2.24) is 23.6 Å². The Morgan fingerprint density at radius 3 is 2.45 bits per heavy atom. The zero-order chi connectivity index (χ0) is 28.4. The zero-order valence-corrected chi connectivity index (χ0v) is 24.1. The Morgan fingerprint density at radius 2 is 1.80 bits per heavy atom. The minimum atomic E-state index is -0.225. The fourth-order valence-corrected chi connectivity index (χ4v) is 5.32. The third-order valence-electron chi connectivity index (χ3n) is 6.99. The van der Waals surface area contributed by atoms with E-state index in [9.17, 15) is 9.90 Å². The predicted molar refractivity (Wildman–Crippen MR) is 155 cm³/mol. The molecule has 0 saturated carbocycles. The first-order valence-electron chi connectivity index (χ1n) is 13.2. The molecule has 11 nitrogen and oxygen atoms in total. The Kier molecular flexibility index (Phi) is 7.61. The molecule has 40 heavy (non-hydrogen) atoms. The average molecular weight is 563 g/mol. The van der Waals surface area contributed by atoms with Crippen LogP contribution >= 0.6 is 11.7 Å². The quantitative estimate of drug-likeness (QED) is 0.323. The lowest BCUT2D eigenvalue weighted by Crippen LogP contribution is -2.49. The van der Waals surface area contributed by atoms with E-state index < -0.39 is 0 Å². The fraction of sp³-hybridized carbons (Fsp3) is 0.393. The predicted octanol–water partition coefficient (Wildman–Crippen LogP) is 4.86. The van der Waals surface area contributed by atoms with Crippen molar-refractivity contribution in [3.63, 3.8) is 0 Å². The molecule has 3 aromatic heterocycles. The van der Waals surface area contributed by atoms with Crippen LogP contribution in [0.2, 0.25) is 0 Å². The van der Waals surface area contributed by atoms with Gasteiger partial charge in [0.1, 0.15) is 11.5 Å². The van der Waals surface area contributed by atoms with Crippen molar-refractivity contribution in [3.8, 4) is 5.75 Å². The Balaban J connectivity index is 1.34. The summed E-state index contributed by atoms with van der Waals surface area (Å²) < 4.78 is 15.0. The summed E-state index contributed by atoms with van der Waals surface area (Å²) >= 11 is 1.07. The number of aryl methyl sites for hydroxylation is 1. The standard InChI is InChI=1S/C28H34N8O3S/c1-18-10-11-21(39-18)23(28(2,3)4)31-24-25(33-40-32-24)34(5)20-9-6-8-19(22(20)37)26(38)35-14-16-36(17-15-35)27-29-12-7-13-30-27/h6-13,23,37H,14-17H2,1-5H3,(H,31,32)/t23-/m0/s1. The van der Waals surface area contributed by atoms with Gasteiger partial charge in [-0.15, -0.1) is 0 Å². The molecule has 1 aromatic carbocycles. The molecule has 1 fully saturated rings. The van der Waals surface area contributed by atoms with Crippen molar-refractivity contribution in [2.75, 3.05) is 48.3 Å². The SMILES string of the molecule is Cc1ccc([C@H](Nc2nsnc2N(C)c2cccc(C(=O)N3CCN(c4ncccn4)CC3)c2O)C(C)(C)C)o1. The molecule has 0 aliphatic carbocycles. The molecular weight excluding hydrogens is 528 g/mol. The lowest BCUT2D eigenvalue weighted by atomic mass is 9.85. The van der Waals surface area contributed by atoms with Crippen LogP contribution in [0.5, 0.6) is 5.75 Å². The molecule has 5 rings (SSSR count). The maximum Gasteiger partial charge on any atom is 0.257 e. The Hall–Kier alpha value is -4.19. The fourth-order valence-electron chi connectivity index (χ4n) is 4.78. The van der Waals surface area contributed by atoms with Gasteiger partial charge in [0.25, 0.3) is 5.91 Å². The number of furan rings is 1. The summed E-state index contributed by atoms with van der Waals surface area (Å²) in [5, 5.41) is 14.8. The van der Waals surface area contributed by atoms with Crippen molar-refractivity contribution in [1.29, 1.82) is 0 Å². The smallest absolute Gasteiger partial charge is 0.257 e. The number of nitrogens with zero attached hydrogens (tertiary/aromatic N) is 7. The van der Waals surface area contributed by atoms with E-state index in [0.717, 1.165) is 23.2 Å². The number of amides is 1. The van der Waals surface area contributed by atoms with Crippen molar-refractivity contribution in [3.05, 3.63) is 65.9 Å². The molecule has 0 bridgehead atoms. The van der Waals surface area contributed by atoms with E-state index in [-0.39, 0.29) is 28.7 Å². The summed E-state index contributed by atoms with van der Waals surface area (Å²) in [6, 6.07) is 10.7. The molecule has 12 heteroatoms. The van der Waals surface area contributed by atoms with Gasteiger partial charge in [-0.25, -0.2) is 9.97 Å². The third-order valence-corrected chi connectivity index (χ3v) is 7.51. The monoisotopic (exact) mass is 562 g/mol. The van der Waals surface area contributed by atoms with Crippen molar-refractivity contribution in [2.24, 2.45) is 5.41 Å². The lowest BCUT2D eigenvalue weighted by Gasteiger charge is -2.35. The molecule has 4 aromatic rings. The van der Waals surface area contributed by atoms with Gasteiger partial charge in [0.2, 0.25) is 5.95 Å². The highest BCUT2D eigenvalue weighted by Gasteiger charge is 2.32. The second kappa shape index (κ2) is 11.1. The number of carbonyl (C=O) groups excluding carboxylic acids is 1. The van der Waals surface area contributed by atoms with Crippen LogP contribution in [0.4, 0.5) is 23.3 Å². The van der Waals surface area contributed by atoms with Gasteiger partial charge in [-0.05, 0) is 42.7 Å². The van der Waals surface area contributed by atoms with Crippen LogP contribution in [0.3, 0.4) is 0 Å². The van der Waals surface area contributed by atoms with Gasteiger partial charge in [0, 0.05) is 45.6 Å². The van der Waals surface area contributed by atoms with E-state index in [1.807, 2.05) is 24.0 Å². The molecular formula is C28H34N8O3S. The Morgan fingerprint density at radius 1 is 1.07 bits per heavy atom. The second-order valence-corrected chi connectivity index (χ2v) is 11.4. The number of phenols is 1. The molecule has 1 saturated heterocycles. The van der Waals surface area contributed by atoms with Crippen LogP contribution in [-0.2, 0) is 0 Å². The summed E-state index contributed by atoms with van der Waals surface area (Å²) in [5.41, 5.74) is 0.513. The maximum absolute atomic E-state index is 13.5. The van der Waals surface area contributed by atoms with Crippen LogP contribution in [0, 0.1) is 12.3 Å². The average Bonchev–Trinajstić information content (AvgIpc) is 3.60. The van der Waals surface area contributed by atoms with Crippen LogP contribution in [-0.4, -0.2) is 67.9 Å². The largest absolute Gasteiger partial charge is 0.505 e. The van der Waals surface area contributed by atoms with Gasteiger partial charge in [-0.1, -0.05) is 26.8 Å². The molecule has 0 radical (unpaired) electrons. The van der Waals surface area contributed by atoms with E-state index in [1.165, 1.54) is 0 Å². The summed E-state index contributed by atoms with van der Waals surface area (Å²) in [6.07, 6.45) is 3.42. The first-order valence-corrected chi connectivity index (χ1v) is 13.9. The number of aromatic nitrogens is 4. The Labute approximate surface area is 237 Å². The van der Waals surface area contributed by atoms with Crippen molar-refractivity contribution < 1.29 is 14.3 Å². The van der Waals surface area contributed by atoms with E-state index >= 15 is 0 Å². The molecule has 2 N–H and O–H groups in total. The number of para-hydroxylation sites is 1. The molecule has 4 heterocycles. The number of anilines is 4. The molecule has 1 aliphatic rings. The van der Waals surface area contributed by atoms with E-state index in [0.29, 0.717) is 49.5 Å². The van der Waals surface area contributed by atoms with Crippen LogP contribution in [0.15, 0.2) is 53.2 Å². The molecule has 210 valence electrons. The van der Waals surface area contributed by atoms with Gasteiger partial charge >= 0.3 is 0 Å². The van der Waals surface area contributed by atoms with E-state index in [2.05, 4.69) is 44.8 Å². The van der Waals surface area contributed by atoms with Gasteiger partial charge < -0.3 is 29.5 Å². The topological polar surface area (TPSA) is 124 Å². The molecule has 0 unspecified atom stereocenters. The highest BCUT2D eigenvalue weighted by molar-refractivity contribution is 6.99. The highest BCUT2D eigenvalue weighted by Crippen LogP contribution is 2.41. The number of hydrogen-bond donors (Lipinski definition) is 2. The van der Waals surface area contributed by atoms with Gasteiger partial charge in [0.15, 0.2) is 17.4 Å². The third kappa shape index (κ3) is 5.57. The summed E-state index contributed by atoms with van der Waals surface area (Å²) in [6.45, 7) is 10.5. The van der Waals surface area contributed by atoms with E-state index in [4.69, 9.17) is 4.42 Å². The van der Waals surface area contributed by atoms with E-state index in [1.54, 1.807) is 53.5 Å². The van der Waals surface area contributed by atoms with Crippen LogP contribution in [0.25, 0.3) is 0 Å². The van der Waals surface area contributed by atoms with Gasteiger partial charge in [-0.2, -0.15) is 8.75 Å². The lowest BCUT2D eigenvalue weighted by molar-refractivity contribution is 0.0743. The molecule has 1 atom stereocenters. The number of phenolic OH excluding ortho intramolecular Hbond substituents is 1. The summed E-state index contributed by atoms with van der Waals surface area (Å²) in [4.78, 5) is 27.6. The van der Waals surface area contributed by atoms with Crippen molar-refractivity contribution in [2.45, 2.75) is 33.7 Å². The second-order valence-electron chi connectivity index (χ2n) is 10.9. The molecule has 1 amide bonds. The number of hydrogen-bond acceptors (Lipinski definition) is 11. The number of rotatable bonds is 7. The number of nitrogens with one attached hydrogen (secondary N) is 1. The minimum Gasteiger partial charge on any atom is -0.505 e. The number of piperazine rings is 1. The minimum absolute atomic E-state index is 0.100. The summed E-state index contributed by atoms with van der Waals surface area (Å²) in [5.74, 6) is 3.07. The van der Waals surface area contributed by atoms with Gasteiger partial charge in [-0.3, -0.25) is 4.79 Å². The zero-order valence-electron chi connectivity index (χ0n) is 23.3. The molecule has 1 aliphatic heterocycles. The Bertz CT molecular complexity index is 1460. The first-order chi connectivity index (χ1) is 19.1. The highest BCUT2D eigenvalue weighted by atomic mass is 32.1. The first kappa shape index (κ1) is 27.4. The van der Waals surface area contributed by atoms with Crippen molar-refractivity contribution >= 4 is 40.9 Å². The van der Waals surface area contributed by atoms with Crippen LogP contribution in [0.1, 0.15) is 48.7 Å². The molecule has 0 spiro atoms. The number of benzene rings is 1. The maximum atomic E-state index is 13.5. The van der Waals surface area contributed by atoms with Gasteiger partial charge in [0.05, 0.1) is 29.0 Å². The normalized spacial score (nSPS) is 14.7. The summed E-state index contributed by atoms with van der Waals surface area (Å²) in [7, 11) is 1.80. The number of carbonyl (C=O) groups is 1.